The fraction of sp³-hybridized carbons (Fsp3) is 0.305. The van der Waals surface area contributed by atoms with E-state index in [1.807, 2.05) is 0 Å². The monoisotopic (exact) mass is 865 g/mol. The van der Waals surface area contributed by atoms with Crippen molar-refractivity contribution in [3.05, 3.63) is 190 Å². The molecule has 0 fully saturated rings. The molecule has 0 amide bonds. The number of ether oxygens (including phenoxy) is 2. The smallest absolute Gasteiger partial charge is 0.210 e. The SMILES string of the molecule is CC(C)Oc1ccc(CCN2C(=CC=C3CCC(C=CC4=[N+](CCc5ccc(OC(C)C)cc5)c5ccc6ccccc6c5C4(C)C)=C3Cl)C(C)(C)c3c2ccc2ccccc32)cc1. The summed E-state index contributed by atoms with van der Waals surface area (Å²) in [5.74, 6) is 1.83. The lowest BCUT2D eigenvalue weighted by molar-refractivity contribution is -0.436. The standard InChI is InChI=1S/C59H62ClN2O2/c1-39(2)63-47-27-17-41(18-28-47)35-37-61-51-31-23-43-13-9-11-15-49(43)55(51)58(5,6)53(61)33-25-45-21-22-46(57(45)60)26-34-54-59(7,8)56-50-16-12-10-14-44(50)24-32-52(56)62(54)38-36-42-19-29-48(30-20-42)64-40(3)4/h9-20,23-34,39-40H,21-22,35-38H2,1-8H3/q+1. The predicted molar refractivity (Wildman–Crippen MR) is 270 cm³/mol. The average Bonchev–Trinajstić information content (AvgIpc) is 3.82. The van der Waals surface area contributed by atoms with E-state index >= 15 is 0 Å². The van der Waals surface area contributed by atoms with Gasteiger partial charge in [0.05, 0.1) is 17.6 Å². The minimum atomic E-state index is -0.211. The van der Waals surface area contributed by atoms with Gasteiger partial charge in [0.15, 0.2) is 12.3 Å². The second-order valence-corrected chi connectivity index (χ2v) is 19.7. The Balaban J connectivity index is 1.03. The number of rotatable bonds is 13. The van der Waals surface area contributed by atoms with E-state index in [0.717, 1.165) is 55.3 Å². The first-order valence-corrected chi connectivity index (χ1v) is 23.6. The molecule has 9 rings (SSSR count). The van der Waals surface area contributed by atoms with Crippen molar-refractivity contribution in [1.29, 1.82) is 0 Å². The molecule has 1 aliphatic carbocycles. The molecule has 326 valence electrons. The van der Waals surface area contributed by atoms with E-state index in [2.05, 4.69) is 210 Å². The van der Waals surface area contributed by atoms with Crippen LogP contribution >= 0.6 is 11.6 Å². The Labute approximate surface area is 385 Å². The third kappa shape index (κ3) is 8.34. The van der Waals surface area contributed by atoms with Gasteiger partial charge in [0, 0.05) is 52.5 Å². The van der Waals surface area contributed by atoms with Gasteiger partial charge in [0.2, 0.25) is 5.69 Å². The van der Waals surface area contributed by atoms with Crippen molar-refractivity contribution in [2.45, 2.75) is 104 Å². The highest BCUT2D eigenvalue weighted by Crippen LogP contribution is 2.51. The topological polar surface area (TPSA) is 24.7 Å². The van der Waals surface area contributed by atoms with E-state index in [1.54, 1.807) is 0 Å². The van der Waals surface area contributed by atoms with Crippen molar-refractivity contribution in [3.8, 4) is 11.5 Å². The molecule has 0 bridgehead atoms. The maximum Gasteiger partial charge on any atom is 0.210 e. The number of fused-ring (bicyclic) bond motifs is 6. The first-order chi connectivity index (χ1) is 30.8. The van der Waals surface area contributed by atoms with Gasteiger partial charge in [-0.05, 0) is 153 Å². The molecule has 0 atom stereocenters. The van der Waals surface area contributed by atoms with Gasteiger partial charge in [0.1, 0.15) is 11.5 Å². The van der Waals surface area contributed by atoms with E-state index in [1.165, 1.54) is 77.7 Å². The molecule has 0 aromatic heterocycles. The van der Waals surface area contributed by atoms with Gasteiger partial charge in [-0.2, -0.15) is 4.58 Å². The predicted octanol–water partition coefficient (Wildman–Crippen LogP) is 14.9. The number of anilines is 1. The highest BCUT2D eigenvalue weighted by Gasteiger charge is 2.46. The van der Waals surface area contributed by atoms with Gasteiger partial charge < -0.3 is 14.4 Å². The third-order valence-electron chi connectivity index (χ3n) is 13.5. The minimum Gasteiger partial charge on any atom is -0.491 e. The summed E-state index contributed by atoms with van der Waals surface area (Å²) in [5, 5.41) is 6.06. The Morgan fingerprint density at radius 1 is 0.625 bits per heavy atom. The van der Waals surface area contributed by atoms with Crippen LogP contribution in [0, 0.1) is 0 Å². The van der Waals surface area contributed by atoms with Crippen molar-refractivity contribution >= 4 is 50.2 Å². The molecule has 3 aliphatic rings. The Kier molecular flexibility index (Phi) is 11.9. The van der Waals surface area contributed by atoms with Gasteiger partial charge in [-0.25, -0.2) is 0 Å². The number of nitrogens with zero attached hydrogens (tertiary/aromatic N) is 2. The van der Waals surface area contributed by atoms with Crippen LogP contribution in [-0.2, 0) is 23.7 Å². The fourth-order valence-electron chi connectivity index (χ4n) is 10.4. The van der Waals surface area contributed by atoms with Crippen LogP contribution in [0.1, 0.15) is 90.5 Å². The van der Waals surface area contributed by atoms with Crippen molar-refractivity contribution in [2.24, 2.45) is 0 Å². The molecule has 0 N–H and O–H groups in total. The molecular weight excluding hydrogens is 804 g/mol. The molecule has 5 heteroatoms. The maximum absolute atomic E-state index is 7.41. The Morgan fingerprint density at radius 3 is 1.83 bits per heavy atom. The molecule has 0 spiro atoms. The van der Waals surface area contributed by atoms with Crippen LogP contribution in [0.5, 0.6) is 11.5 Å². The van der Waals surface area contributed by atoms with Gasteiger partial charge in [-0.3, -0.25) is 0 Å². The van der Waals surface area contributed by atoms with Crippen molar-refractivity contribution in [3.63, 3.8) is 0 Å². The highest BCUT2D eigenvalue weighted by molar-refractivity contribution is 6.33. The van der Waals surface area contributed by atoms with Gasteiger partial charge in [0.25, 0.3) is 0 Å². The molecule has 0 saturated carbocycles. The second kappa shape index (κ2) is 17.6. The lowest BCUT2D eigenvalue weighted by Crippen LogP contribution is -2.28. The molecule has 6 aromatic rings. The summed E-state index contributed by atoms with van der Waals surface area (Å²) in [6, 6.07) is 44.0. The minimum absolute atomic E-state index is 0.152. The number of allylic oxidation sites excluding steroid dienone is 8. The summed E-state index contributed by atoms with van der Waals surface area (Å²) in [5.41, 5.74) is 12.5. The Morgan fingerprint density at radius 2 is 1.20 bits per heavy atom. The molecule has 0 unspecified atom stereocenters. The van der Waals surface area contributed by atoms with E-state index < -0.39 is 0 Å². The quantitative estimate of drug-likeness (QED) is 0.108. The van der Waals surface area contributed by atoms with Crippen LogP contribution in [0.4, 0.5) is 11.4 Å². The van der Waals surface area contributed by atoms with Crippen LogP contribution in [-0.4, -0.2) is 35.6 Å². The van der Waals surface area contributed by atoms with Crippen molar-refractivity contribution in [2.75, 3.05) is 18.0 Å². The summed E-state index contributed by atoms with van der Waals surface area (Å²) in [4.78, 5) is 2.55. The van der Waals surface area contributed by atoms with E-state index in [9.17, 15) is 0 Å². The fourth-order valence-corrected chi connectivity index (χ4v) is 10.7. The number of halogens is 1. The van der Waals surface area contributed by atoms with E-state index in [0.29, 0.717) is 0 Å². The zero-order chi connectivity index (χ0) is 44.8. The number of hydrogen-bond donors (Lipinski definition) is 0. The molecular formula is C59H62ClN2O2+. The zero-order valence-electron chi connectivity index (χ0n) is 38.8. The summed E-state index contributed by atoms with van der Waals surface area (Å²) in [7, 11) is 0. The van der Waals surface area contributed by atoms with Gasteiger partial charge in [-0.15, -0.1) is 0 Å². The summed E-state index contributed by atoms with van der Waals surface area (Å²) in [6.45, 7) is 19.5. The molecule has 2 heterocycles. The lowest BCUT2D eigenvalue weighted by atomic mass is 9.79. The van der Waals surface area contributed by atoms with E-state index in [4.69, 9.17) is 21.1 Å². The summed E-state index contributed by atoms with van der Waals surface area (Å²) in [6.07, 6.45) is 13.3. The molecule has 4 nitrogen and oxygen atoms in total. The number of benzene rings is 6. The zero-order valence-corrected chi connectivity index (χ0v) is 39.6. The normalized spacial score (nSPS) is 18.0. The van der Waals surface area contributed by atoms with Crippen molar-refractivity contribution < 1.29 is 14.0 Å². The molecule has 2 aliphatic heterocycles. The van der Waals surface area contributed by atoms with E-state index in [-0.39, 0.29) is 23.0 Å². The van der Waals surface area contributed by atoms with Crippen LogP contribution < -0.4 is 14.4 Å². The van der Waals surface area contributed by atoms with Gasteiger partial charge >= 0.3 is 0 Å². The Bertz CT molecular complexity index is 2890. The second-order valence-electron chi connectivity index (χ2n) is 19.3. The number of hydrogen-bond acceptors (Lipinski definition) is 3. The van der Waals surface area contributed by atoms with Crippen LogP contribution in [0.15, 0.2) is 168 Å². The maximum atomic E-state index is 7.41. The first kappa shape index (κ1) is 43.4. The van der Waals surface area contributed by atoms with Crippen LogP contribution in [0.3, 0.4) is 0 Å². The van der Waals surface area contributed by atoms with Crippen LogP contribution in [0.2, 0.25) is 0 Å². The molecule has 6 aromatic carbocycles. The molecule has 0 radical (unpaired) electrons. The first-order valence-electron chi connectivity index (χ1n) is 23.3. The summed E-state index contributed by atoms with van der Waals surface area (Å²) < 4.78 is 14.4. The molecule has 0 saturated heterocycles. The highest BCUT2D eigenvalue weighted by atomic mass is 35.5. The summed E-state index contributed by atoms with van der Waals surface area (Å²) >= 11 is 7.41. The van der Waals surface area contributed by atoms with Gasteiger partial charge in [-0.1, -0.05) is 116 Å². The Hall–Kier alpha value is -5.84. The molecule has 64 heavy (non-hydrogen) atoms. The third-order valence-corrected chi connectivity index (χ3v) is 13.9. The van der Waals surface area contributed by atoms with Crippen LogP contribution in [0.25, 0.3) is 21.5 Å². The largest absolute Gasteiger partial charge is 0.491 e. The average molecular weight is 867 g/mol. The van der Waals surface area contributed by atoms with Crippen molar-refractivity contribution in [1.82, 2.24) is 0 Å². The lowest BCUT2D eigenvalue weighted by Gasteiger charge is -2.27.